The van der Waals surface area contributed by atoms with E-state index in [0.29, 0.717) is 17.1 Å². The first-order valence-corrected chi connectivity index (χ1v) is 9.34. The van der Waals surface area contributed by atoms with Crippen molar-refractivity contribution in [1.82, 2.24) is 0 Å². The lowest BCUT2D eigenvalue weighted by molar-refractivity contribution is -0.136. The summed E-state index contributed by atoms with van der Waals surface area (Å²) in [5.41, 5.74) is 3.14. The molecule has 0 saturated carbocycles. The summed E-state index contributed by atoms with van der Waals surface area (Å²) in [6.45, 7) is 1.72. The Labute approximate surface area is 175 Å². The number of nitriles is 1. The number of nitrogens with zero attached hydrogens (tertiary/aromatic N) is 1. The van der Waals surface area contributed by atoms with Gasteiger partial charge in [0, 0.05) is 0 Å². The average molecular weight is 399 g/mol. The predicted molar refractivity (Wildman–Crippen MR) is 115 cm³/mol. The molecule has 30 heavy (non-hydrogen) atoms. The molecule has 0 saturated heterocycles. The van der Waals surface area contributed by atoms with Crippen LogP contribution in [0, 0.1) is 18.3 Å². The monoisotopic (exact) mass is 399 g/mol. The van der Waals surface area contributed by atoms with E-state index in [1.54, 1.807) is 30.3 Å². The van der Waals surface area contributed by atoms with Gasteiger partial charge in [-0.2, -0.15) is 5.26 Å². The third-order valence-corrected chi connectivity index (χ3v) is 4.27. The SMILES string of the molecule is COc1cc(C=C(C#N)c2ccccc2)ccc1OC(=O)COc1cccc(C)c1. The minimum Gasteiger partial charge on any atom is -0.493 e. The molecule has 0 aliphatic heterocycles. The number of carbonyl (C=O) groups is 1. The lowest BCUT2D eigenvalue weighted by Crippen LogP contribution is -2.18. The molecule has 0 atom stereocenters. The van der Waals surface area contributed by atoms with Gasteiger partial charge in [0.05, 0.1) is 18.8 Å². The van der Waals surface area contributed by atoms with Crippen molar-refractivity contribution in [1.29, 1.82) is 5.26 Å². The molecule has 0 radical (unpaired) electrons. The Hall–Kier alpha value is -4.04. The van der Waals surface area contributed by atoms with Crippen LogP contribution in [0.5, 0.6) is 17.2 Å². The maximum absolute atomic E-state index is 12.2. The van der Waals surface area contributed by atoms with E-state index in [-0.39, 0.29) is 12.4 Å². The van der Waals surface area contributed by atoms with Crippen molar-refractivity contribution in [2.45, 2.75) is 6.92 Å². The van der Waals surface area contributed by atoms with Crippen LogP contribution in [-0.2, 0) is 4.79 Å². The Morgan fingerprint density at radius 2 is 1.80 bits per heavy atom. The highest BCUT2D eigenvalue weighted by molar-refractivity contribution is 5.89. The van der Waals surface area contributed by atoms with Crippen LogP contribution < -0.4 is 14.2 Å². The molecule has 3 rings (SSSR count). The Morgan fingerprint density at radius 1 is 1.00 bits per heavy atom. The topological polar surface area (TPSA) is 68.5 Å². The van der Waals surface area contributed by atoms with E-state index in [2.05, 4.69) is 6.07 Å². The van der Waals surface area contributed by atoms with Crippen LogP contribution in [-0.4, -0.2) is 19.7 Å². The van der Waals surface area contributed by atoms with Gasteiger partial charge in [-0.3, -0.25) is 0 Å². The van der Waals surface area contributed by atoms with Gasteiger partial charge in [-0.1, -0.05) is 48.5 Å². The molecule has 5 nitrogen and oxygen atoms in total. The Kier molecular flexibility index (Phi) is 6.86. The van der Waals surface area contributed by atoms with Crippen LogP contribution in [0.15, 0.2) is 72.8 Å². The molecule has 0 amide bonds. The van der Waals surface area contributed by atoms with E-state index in [1.165, 1.54) is 7.11 Å². The normalized spacial score (nSPS) is 10.8. The van der Waals surface area contributed by atoms with E-state index >= 15 is 0 Å². The molecule has 3 aromatic rings. The zero-order valence-electron chi connectivity index (χ0n) is 16.8. The summed E-state index contributed by atoms with van der Waals surface area (Å²) in [5, 5.41) is 9.48. The van der Waals surface area contributed by atoms with E-state index < -0.39 is 5.97 Å². The number of ether oxygens (including phenoxy) is 3. The second kappa shape index (κ2) is 9.94. The maximum Gasteiger partial charge on any atom is 0.349 e. The van der Waals surface area contributed by atoms with Gasteiger partial charge in [0.25, 0.3) is 0 Å². The van der Waals surface area contributed by atoms with E-state index in [1.807, 2.05) is 55.5 Å². The molecule has 0 bridgehead atoms. The maximum atomic E-state index is 12.2. The molecule has 5 heteroatoms. The number of methoxy groups -OCH3 is 1. The Balaban J connectivity index is 1.71. The minimum absolute atomic E-state index is 0.221. The molecule has 0 aliphatic carbocycles. The van der Waals surface area contributed by atoms with E-state index in [4.69, 9.17) is 14.2 Å². The minimum atomic E-state index is -0.542. The lowest BCUT2D eigenvalue weighted by atomic mass is 10.0. The van der Waals surface area contributed by atoms with Crippen molar-refractivity contribution in [3.63, 3.8) is 0 Å². The van der Waals surface area contributed by atoms with Gasteiger partial charge in [0.1, 0.15) is 5.75 Å². The molecule has 0 aromatic heterocycles. The highest BCUT2D eigenvalue weighted by atomic mass is 16.6. The van der Waals surface area contributed by atoms with Crippen LogP contribution in [0.1, 0.15) is 16.7 Å². The summed E-state index contributed by atoms with van der Waals surface area (Å²) in [6.07, 6.45) is 1.75. The average Bonchev–Trinajstić information content (AvgIpc) is 2.77. The number of hydrogen-bond acceptors (Lipinski definition) is 5. The summed E-state index contributed by atoms with van der Waals surface area (Å²) in [7, 11) is 1.49. The summed E-state index contributed by atoms with van der Waals surface area (Å²) >= 11 is 0. The van der Waals surface area contributed by atoms with Gasteiger partial charge < -0.3 is 14.2 Å². The van der Waals surface area contributed by atoms with Crippen LogP contribution in [0.3, 0.4) is 0 Å². The smallest absolute Gasteiger partial charge is 0.349 e. The van der Waals surface area contributed by atoms with E-state index in [0.717, 1.165) is 16.7 Å². The van der Waals surface area contributed by atoms with Crippen molar-refractivity contribution in [3.8, 4) is 23.3 Å². The number of allylic oxidation sites excluding steroid dienone is 1. The molecule has 0 N–H and O–H groups in total. The standard InChI is InChI=1S/C25H21NO4/c1-18-7-6-10-22(13-18)29-17-25(27)30-23-12-11-19(15-24(23)28-2)14-21(16-26)20-8-4-3-5-9-20/h3-15H,17H2,1-2H3. The number of benzene rings is 3. The number of rotatable bonds is 7. The highest BCUT2D eigenvalue weighted by Gasteiger charge is 2.12. The molecule has 150 valence electrons. The highest BCUT2D eigenvalue weighted by Crippen LogP contribution is 2.30. The fourth-order valence-corrected chi connectivity index (χ4v) is 2.82. The van der Waals surface area contributed by atoms with Gasteiger partial charge in [0.15, 0.2) is 18.1 Å². The zero-order chi connectivity index (χ0) is 21.3. The Morgan fingerprint density at radius 3 is 2.50 bits per heavy atom. The molecule has 0 heterocycles. The molecule has 0 unspecified atom stereocenters. The lowest BCUT2D eigenvalue weighted by Gasteiger charge is -2.11. The third-order valence-electron chi connectivity index (χ3n) is 4.27. The zero-order valence-corrected chi connectivity index (χ0v) is 16.8. The van der Waals surface area contributed by atoms with Crippen molar-refractivity contribution in [2.75, 3.05) is 13.7 Å². The fraction of sp³-hybridized carbons (Fsp3) is 0.120. The van der Waals surface area contributed by atoms with Crippen molar-refractivity contribution in [3.05, 3.63) is 89.5 Å². The summed E-state index contributed by atoms with van der Waals surface area (Å²) < 4.78 is 16.2. The summed E-state index contributed by atoms with van der Waals surface area (Å²) in [5.74, 6) is 0.730. The first-order chi connectivity index (χ1) is 14.6. The molecule has 0 fully saturated rings. The van der Waals surface area contributed by atoms with Crippen molar-refractivity contribution < 1.29 is 19.0 Å². The van der Waals surface area contributed by atoms with Gasteiger partial charge in [0.2, 0.25) is 0 Å². The summed E-state index contributed by atoms with van der Waals surface area (Å²) in [6, 6.07) is 24.1. The van der Waals surface area contributed by atoms with Crippen LogP contribution in [0.4, 0.5) is 0 Å². The number of hydrogen-bond donors (Lipinski definition) is 0. The largest absolute Gasteiger partial charge is 0.493 e. The number of carbonyl (C=O) groups excluding carboxylic acids is 1. The quantitative estimate of drug-likeness (QED) is 0.241. The summed E-state index contributed by atoms with van der Waals surface area (Å²) in [4.78, 5) is 12.2. The van der Waals surface area contributed by atoms with Gasteiger partial charge in [-0.05, 0) is 54.0 Å². The molecule has 3 aromatic carbocycles. The van der Waals surface area contributed by atoms with Crippen molar-refractivity contribution >= 4 is 17.6 Å². The number of aryl methyl sites for hydroxylation is 1. The third kappa shape index (κ3) is 5.49. The molecular formula is C25H21NO4. The molecule has 0 spiro atoms. The van der Waals surface area contributed by atoms with Crippen LogP contribution >= 0.6 is 0 Å². The van der Waals surface area contributed by atoms with E-state index in [9.17, 15) is 10.1 Å². The van der Waals surface area contributed by atoms with Gasteiger partial charge in [-0.15, -0.1) is 0 Å². The van der Waals surface area contributed by atoms with Crippen molar-refractivity contribution in [2.24, 2.45) is 0 Å². The predicted octanol–water partition coefficient (Wildman–Crippen LogP) is 5.05. The van der Waals surface area contributed by atoms with Crippen LogP contribution in [0.25, 0.3) is 11.6 Å². The van der Waals surface area contributed by atoms with Gasteiger partial charge in [-0.25, -0.2) is 4.79 Å². The Bertz CT molecular complexity index is 1100. The molecular weight excluding hydrogens is 378 g/mol. The molecule has 0 aliphatic rings. The van der Waals surface area contributed by atoms with Crippen LogP contribution in [0.2, 0.25) is 0 Å². The second-order valence-electron chi connectivity index (χ2n) is 6.53. The first kappa shape index (κ1) is 20.7. The second-order valence-corrected chi connectivity index (χ2v) is 6.53. The van der Waals surface area contributed by atoms with Gasteiger partial charge >= 0.3 is 5.97 Å². The number of esters is 1. The first-order valence-electron chi connectivity index (χ1n) is 9.34. The fourth-order valence-electron chi connectivity index (χ4n) is 2.82.